The summed E-state index contributed by atoms with van der Waals surface area (Å²) in [5, 5.41) is 9.70. The van der Waals surface area contributed by atoms with Gasteiger partial charge in [0.1, 0.15) is 29.6 Å². The predicted molar refractivity (Wildman–Crippen MR) is 126 cm³/mol. The van der Waals surface area contributed by atoms with E-state index in [2.05, 4.69) is 0 Å². The molecule has 1 aromatic heterocycles. The molecule has 1 heterocycles. The van der Waals surface area contributed by atoms with Crippen LogP contribution in [0.5, 0.6) is 23.0 Å². The molecule has 1 N–H and O–H groups in total. The predicted octanol–water partition coefficient (Wildman–Crippen LogP) is 5.42. The van der Waals surface area contributed by atoms with Crippen molar-refractivity contribution in [3.05, 3.63) is 110 Å². The molecule has 0 aliphatic rings. The van der Waals surface area contributed by atoms with E-state index in [1.54, 1.807) is 36.4 Å². The molecule has 0 aliphatic heterocycles. The van der Waals surface area contributed by atoms with Crippen molar-refractivity contribution in [2.24, 2.45) is 7.05 Å². The van der Waals surface area contributed by atoms with Crippen LogP contribution in [0.3, 0.4) is 0 Å². The third kappa shape index (κ3) is 5.31. The number of para-hydroxylation sites is 3. The molecule has 0 aliphatic carbocycles. The monoisotopic (exact) mass is 536 g/mol. The summed E-state index contributed by atoms with van der Waals surface area (Å²) in [4.78, 5) is 25.0. The average Bonchev–Trinajstić information content (AvgIpc) is 2.83. The fraction of sp³-hybridized carbons (Fsp3) is 0.120. The van der Waals surface area contributed by atoms with Crippen LogP contribution in [0.15, 0.2) is 76.3 Å². The maximum Gasteiger partial charge on any atom is 0.431 e. The van der Waals surface area contributed by atoms with Crippen LogP contribution in [0.2, 0.25) is 5.02 Å². The number of hydrogen-bond donors (Lipinski definition) is 1. The zero-order valence-electron chi connectivity index (χ0n) is 18.9. The van der Waals surface area contributed by atoms with E-state index in [-0.39, 0.29) is 49.8 Å². The highest BCUT2D eigenvalue weighted by Gasteiger charge is 2.35. The molecule has 12 heteroatoms. The maximum absolute atomic E-state index is 14.8. The van der Waals surface area contributed by atoms with Crippen molar-refractivity contribution in [1.82, 2.24) is 9.13 Å². The highest BCUT2D eigenvalue weighted by Crippen LogP contribution is 2.37. The van der Waals surface area contributed by atoms with Crippen LogP contribution in [0, 0.1) is 5.82 Å². The Kier molecular flexibility index (Phi) is 6.99. The molecule has 0 bridgehead atoms. The van der Waals surface area contributed by atoms with Crippen molar-refractivity contribution in [2.75, 3.05) is 0 Å². The van der Waals surface area contributed by atoms with E-state index in [1.165, 1.54) is 12.1 Å². The Morgan fingerprint density at radius 1 is 0.946 bits per heavy atom. The summed E-state index contributed by atoms with van der Waals surface area (Å²) in [5.41, 5.74) is -4.46. The van der Waals surface area contributed by atoms with Crippen molar-refractivity contribution in [3.8, 4) is 28.7 Å². The van der Waals surface area contributed by atoms with Gasteiger partial charge in [0, 0.05) is 24.7 Å². The van der Waals surface area contributed by atoms with Crippen molar-refractivity contribution >= 4 is 11.6 Å². The van der Waals surface area contributed by atoms with Gasteiger partial charge in [-0.25, -0.2) is 13.8 Å². The van der Waals surface area contributed by atoms with Crippen LogP contribution in [0.1, 0.15) is 11.3 Å². The van der Waals surface area contributed by atoms with Gasteiger partial charge >= 0.3 is 11.9 Å². The molecular weight excluding hydrogens is 520 g/mol. The Morgan fingerprint density at radius 3 is 2.27 bits per heavy atom. The van der Waals surface area contributed by atoms with Gasteiger partial charge in [-0.15, -0.1) is 0 Å². The summed E-state index contributed by atoms with van der Waals surface area (Å²) < 4.78 is 66.2. The van der Waals surface area contributed by atoms with Gasteiger partial charge in [-0.3, -0.25) is 9.36 Å². The fourth-order valence-electron chi connectivity index (χ4n) is 3.45. The summed E-state index contributed by atoms with van der Waals surface area (Å²) in [6.07, 6.45) is -4.97. The minimum atomic E-state index is -4.97. The fourth-order valence-corrected chi connectivity index (χ4v) is 3.64. The number of aromatic hydroxyl groups is 1. The molecule has 0 radical (unpaired) electrons. The summed E-state index contributed by atoms with van der Waals surface area (Å²) in [6.45, 7) is -0.0214. The number of phenolic OH excluding ortho intramolecular Hbond substituents is 1. The Bertz CT molecular complexity index is 1600. The largest absolute Gasteiger partial charge is 0.508 e. The van der Waals surface area contributed by atoms with Crippen molar-refractivity contribution in [1.29, 1.82) is 0 Å². The first kappa shape index (κ1) is 25.8. The lowest BCUT2D eigenvalue weighted by atomic mass is 10.2. The number of rotatable bonds is 6. The molecule has 0 spiro atoms. The molecule has 0 amide bonds. The van der Waals surface area contributed by atoms with Gasteiger partial charge in [0.05, 0.1) is 10.7 Å². The first-order valence-corrected chi connectivity index (χ1v) is 10.9. The minimum absolute atomic E-state index is 0.0214. The smallest absolute Gasteiger partial charge is 0.431 e. The zero-order chi connectivity index (χ0) is 26.9. The summed E-state index contributed by atoms with van der Waals surface area (Å²) in [7, 11) is 0.810. The number of alkyl halides is 3. The second-order valence-electron chi connectivity index (χ2n) is 7.74. The summed E-state index contributed by atoms with van der Waals surface area (Å²) in [6, 6.07) is 14.7. The van der Waals surface area contributed by atoms with Gasteiger partial charge in [-0.05, 0) is 24.3 Å². The van der Waals surface area contributed by atoms with Gasteiger partial charge in [-0.2, -0.15) is 13.2 Å². The SMILES string of the molecule is Cn1c(C(F)(F)F)cc(=O)n(-c2cc(Oc3ccccc3OCc3ccccc3O)c(Cl)cc2F)c1=O. The Balaban J connectivity index is 1.72. The van der Waals surface area contributed by atoms with Crippen LogP contribution >= 0.6 is 11.6 Å². The normalized spacial score (nSPS) is 11.4. The lowest BCUT2D eigenvalue weighted by Gasteiger charge is -2.16. The Hall–Kier alpha value is -4.25. The van der Waals surface area contributed by atoms with E-state index in [4.69, 9.17) is 21.1 Å². The average molecular weight is 537 g/mol. The molecule has 0 unspecified atom stereocenters. The number of nitrogens with zero attached hydrogens (tertiary/aromatic N) is 2. The van der Waals surface area contributed by atoms with Gasteiger partial charge in [0.2, 0.25) is 0 Å². The second-order valence-corrected chi connectivity index (χ2v) is 8.15. The minimum Gasteiger partial charge on any atom is -0.508 e. The number of ether oxygens (including phenoxy) is 2. The van der Waals surface area contributed by atoms with Crippen LogP contribution < -0.4 is 20.7 Å². The summed E-state index contributed by atoms with van der Waals surface area (Å²) in [5.74, 6) is -0.984. The van der Waals surface area contributed by atoms with Crippen molar-refractivity contribution in [3.63, 3.8) is 0 Å². The van der Waals surface area contributed by atoms with Crippen LogP contribution in [-0.2, 0) is 19.8 Å². The molecular formula is C25H17ClF4N2O5. The van der Waals surface area contributed by atoms with Crippen molar-refractivity contribution < 1.29 is 32.1 Å². The highest BCUT2D eigenvalue weighted by molar-refractivity contribution is 6.32. The standard InChI is InChI=1S/C25H17ClF4N2O5/c1-31-22(25(28,29)30)12-23(34)32(24(31)35)17-11-21(15(26)10-16(17)27)37-20-9-5-4-8-19(20)36-13-14-6-2-3-7-18(14)33/h2-12,33H,13H2,1H3. The molecule has 192 valence electrons. The number of halogens is 5. The van der Waals surface area contributed by atoms with E-state index >= 15 is 0 Å². The van der Waals surface area contributed by atoms with Gasteiger partial charge < -0.3 is 14.6 Å². The van der Waals surface area contributed by atoms with E-state index in [0.29, 0.717) is 5.56 Å². The lowest BCUT2D eigenvalue weighted by molar-refractivity contribution is -0.144. The van der Waals surface area contributed by atoms with E-state index in [0.717, 1.165) is 19.2 Å². The highest BCUT2D eigenvalue weighted by atomic mass is 35.5. The molecule has 4 aromatic rings. The quantitative estimate of drug-likeness (QED) is 0.333. The number of hydrogen-bond acceptors (Lipinski definition) is 5. The number of benzene rings is 3. The molecule has 37 heavy (non-hydrogen) atoms. The third-order valence-corrected chi connectivity index (χ3v) is 5.59. The molecule has 7 nitrogen and oxygen atoms in total. The van der Waals surface area contributed by atoms with E-state index in [9.17, 15) is 32.3 Å². The maximum atomic E-state index is 14.8. The molecule has 0 saturated carbocycles. The van der Waals surface area contributed by atoms with E-state index < -0.39 is 34.6 Å². The number of aromatic nitrogens is 2. The Labute approximate surface area is 211 Å². The molecule has 0 fully saturated rings. The molecule has 3 aromatic carbocycles. The van der Waals surface area contributed by atoms with Gasteiger partial charge in [-0.1, -0.05) is 41.9 Å². The van der Waals surface area contributed by atoms with Gasteiger partial charge in [0.25, 0.3) is 5.56 Å². The van der Waals surface area contributed by atoms with Crippen LogP contribution in [0.4, 0.5) is 17.6 Å². The first-order valence-electron chi connectivity index (χ1n) is 10.5. The zero-order valence-corrected chi connectivity index (χ0v) is 19.7. The summed E-state index contributed by atoms with van der Waals surface area (Å²) >= 11 is 6.12. The third-order valence-electron chi connectivity index (χ3n) is 5.30. The Morgan fingerprint density at radius 2 is 1.59 bits per heavy atom. The molecule has 0 saturated heterocycles. The number of phenols is 1. The first-order chi connectivity index (χ1) is 17.5. The van der Waals surface area contributed by atoms with Crippen LogP contribution in [-0.4, -0.2) is 14.2 Å². The topological polar surface area (TPSA) is 82.7 Å². The molecule has 4 rings (SSSR count). The second kappa shape index (κ2) is 10.0. The molecule has 0 atom stereocenters. The van der Waals surface area contributed by atoms with Crippen LogP contribution in [0.25, 0.3) is 5.69 Å². The lowest BCUT2D eigenvalue weighted by Crippen LogP contribution is -2.41. The van der Waals surface area contributed by atoms with E-state index in [1.807, 2.05) is 0 Å². The van der Waals surface area contributed by atoms with Gasteiger partial charge in [0.15, 0.2) is 11.5 Å². The van der Waals surface area contributed by atoms with Crippen molar-refractivity contribution in [2.45, 2.75) is 12.8 Å².